The molecule has 2 N–H and O–H groups in total. The predicted octanol–water partition coefficient (Wildman–Crippen LogP) is 2.55. The highest BCUT2D eigenvalue weighted by atomic mass is 16.5. The van der Waals surface area contributed by atoms with Crippen LogP contribution in [0.25, 0.3) is 10.9 Å². The first-order valence-electron chi connectivity index (χ1n) is 8.15. The molecule has 0 radical (unpaired) electrons. The van der Waals surface area contributed by atoms with Gasteiger partial charge >= 0.3 is 0 Å². The second-order valence-corrected chi connectivity index (χ2v) is 6.17. The number of rotatable bonds is 4. The number of para-hydroxylation sites is 1. The van der Waals surface area contributed by atoms with Gasteiger partial charge in [-0.25, -0.2) is 0 Å². The van der Waals surface area contributed by atoms with Crippen molar-refractivity contribution < 1.29 is 9.53 Å². The van der Waals surface area contributed by atoms with E-state index >= 15 is 0 Å². The lowest BCUT2D eigenvalue weighted by atomic mass is 9.93. The summed E-state index contributed by atoms with van der Waals surface area (Å²) in [6, 6.07) is 12.0. The number of hydrogen-bond acceptors (Lipinski definition) is 3. The maximum absolute atomic E-state index is 12.3. The summed E-state index contributed by atoms with van der Waals surface area (Å²) in [5.74, 6) is 0.204. The van der Waals surface area contributed by atoms with Crippen molar-refractivity contribution in [3.05, 3.63) is 66.1 Å². The third kappa shape index (κ3) is 2.90. The molecule has 0 spiro atoms. The fourth-order valence-electron chi connectivity index (χ4n) is 3.29. The number of carbonyl (C=O) groups excluding carboxylic acids is 1. The molecule has 24 heavy (non-hydrogen) atoms. The van der Waals surface area contributed by atoms with E-state index in [1.165, 1.54) is 10.9 Å². The highest BCUT2D eigenvalue weighted by Gasteiger charge is 2.30. The van der Waals surface area contributed by atoms with Crippen molar-refractivity contribution in [3.8, 4) is 0 Å². The van der Waals surface area contributed by atoms with Gasteiger partial charge in [-0.3, -0.25) is 9.78 Å². The monoisotopic (exact) mass is 321 g/mol. The zero-order chi connectivity index (χ0) is 16.4. The molecule has 1 aromatic carbocycles. The molecule has 5 heteroatoms. The molecule has 3 aromatic rings. The maximum Gasteiger partial charge on any atom is 0.253 e. The van der Waals surface area contributed by atoms with E-state index < -0.39 is 0 Å². The van der Waals surface area contributed by atoms with E-state index in [0.717, 1.165) is 11.9 Å². The average molecular weight is 321 g/mol. The van der Waals surface area contributed by atoms with Gasteiger partial charge in [-0.1, -0.05) is 18.2 Å². The topological polar surface area (TPSA) is 67.0 Å². The van der Waals surface area contributed by atoms with Crippen LogP contribution in [0.3, 0.4) is 0 Å². The lowest BCUT2D eigenvalue weighted by Gasteiger charge is -2.19. The summed E-state index contributed by atoms with van der Waals surface area (Å²) in [6.07, 6.45) is 6.17. The Morgan fingerprint density at radius 2 is 2.17 bits per heavy atom. The van der Waals surface area contributed by atoms with Gasteiger partial charge in [0.1, 0.15) is 0 Å². The molecular formula is C19H19N3O2. The molecule has 122 valence electrons. The number of hydrogen-bond donors (Lipinski definition) is 2. The second kappa shape index (κ2) is 6.45. The van der Waals surface area contributed by atoms with Crippen LogP contribution in [0.1, 0.15) is 15.9 Å². The van der Waals surface area contributed by atoms with E-state index in [0.29, 0.717) is 18.8 Å². The highest BCUT2D eigenvalue weighted by Crippen LogP contribution is 2.24. The van der Waals surface area contributed by atoms with Crippen LogP contribution in [-0.4, -0.2) is 35.1 Å². The van der Waals surface area contributed by atoms with Crippen LogP contribution in [-0.2, 0) is 11.2 Å². The van der Waals surface area contributed by atoms with Crippen LogP contribution in [0.15, 0.2) is 55.0 Å². The Labute approximate surface area is 140 Å². The Hall–Kier alpha value is -2.66. The summed E-state index contributed by atoms with van der Waals surface area (Å²) in [4.78, 5) is 19.6. The zero-order valence-corrected chi connectivity index (χ0v) is 13.2. The summed E-state index contributed by atoms with van der Waals surface area (Å²) in [6.45, 7) is 1.22. The van der Waals surface area contributed by atoms with Crippen LogP contribution in [0.4, 0.5) is 0 Å². The van der Waals surface area contributed by atoms with E-state index in [4.69, 9.17) is 4.74 Å². The molecule has 1 aliphatic rings. The number of benzene rings is 1. The van der Waals surface area contributed by atoms with Crippen LogP contribution >= 0.6 is 0 Å². The number of ether oxygens (including phenoxy) is 1. The lowest BCUT2D eigenvalue weighted by molar-refractivity contribution is 0.0925. The van der Waals surface area contributed by atoms with Gasteiger partial charge in [0.05, 0.1) is 30.3 Å². The molecule has 3 heterocycles. The van der Waals surface area contributed by atoms with Gasteiger partial charge in [0.2, 0.25) is 0 Å². The number of nitrogens with one attached hydrogen (secondary N) is 2. The van der Waals surface area contributed by atoms with Gasteiger partial charge in [0.15, 0.2) is 0 Å². The van der Waals surface area contributed by atoms with Gasteiger partial charge in [-0.15, -0.1) is 0 Å². The first-order chi connectivity index (χ1) is 11.8. The minimum atomic E-state index is -0.0589. The van der Waals surface area contributed by atoms with E-state index in [1.807, 2.05) is 24.4 Å². The van der Waals surface area contributed by atoms with E-state index in [-0.39, 0.29) is 17.9 Å². The first kappa shape index (κ1) is 14.9. The minimum Gasteiger partial charge on any atom is -0.379 e. The van der Waals surface area contributed by atoms with Crippen LogP contribution in [0.2, 0.25) is 0 Å². The third-order valence-electron chi connectivity index (χ3n) is 4.60. The molecule has 1 aliphatic heterocycles. The van der Waals surface area contributed by atoms with Gasteiger partial charge in [-0.05, 0) is 30.2 Å². The van der Waals surface area contributed by atoms with E-state index in [2.05, 4.69) is 27.4 Å². The maximum atomic E-state index is 12.3. The molecule has 1 saturated heterocycles. The highest BCUT2D eigenvalue weighted by molar-refractivity contribution is 5.94. The Morgan fingerprint density at radius 3 is 3.04 bits per heavy atom. The Balaban J connectivity index is 1.51. The van der Waals surface area contributed by atoms with E-state index in [1.54, 1.807) is 18.5 Å². The number of pyridine rings is 1. The van der Waals surface area contributed by atoms with Crippen molar-refractivity contribution in [2.45, 2.75) is 12.5 Å². The molecule has 1 fully saturated rings. The number of nitrogens with zero attached hydrogens (tertiary/aromatic N) is 1. The number of amides is 1. The van der Waals surface area contributed by atoms with E-state index in [9.17, 15) is 4.79 Å². The number of fused-ring (bicyclic) bond motifs is 1. The molecule has 2 atom stereocenters. The molecule has 0 saturated carbocycles. The normalized spacial score (nSPS) is 20.3. The van der Waals surface area contributed by atoms with Gasteiger partial charge < -0.3 is 15.0 Å². The third-order valence-corrected chi connectivity index (χ3v) is 4.60. The molecule has 0 bridgehead atoms. The van der Waals surface area contributed by atoms with Gasteiger partial charge in [0.25, 0.3) is 5.91 Å². The van der Waals surface area contributed by atoms with Crippen molar-refractivity contribution in [1.82, 2.24) is 15.3 Å². The van der Waals surface area contributed by atoms with Crippen molar-refractivity contribution in [3.63, 3.8) is 0 Å². The minimum absolute atomic E-state index is 0.0272. The molecule has 0 aliphatic carbocycles. The number of H-pyrrole nitrogens is 1. The fraction of sp³-hybridized carbons (Fsp3) is 0.263. The average Bonchev–Trinajstić information content (AvgIpc) is 3.28. The Morgan fingerprint density at radius 1 is 1.25 bits per heavy atom. The molecular weight excluding hydrogens is 302 g/mol. The Bertz CT molecular complexity index is 839. The molecule has 1 amide bonds. The molecule has 2 aromatic heterocycles. The van der Waals surface area contributed by atoms with Crippen molar-refractivity contribution in [2.75, 3.05) is 13.2 Å². The molecule has 4 rings (SSSR count). The number of carbonyl (C=O) groups is 1. The number of aromatic nitrogens is 2. The second-order valence-electron chi connectivity index (χ2n) is 6.17. The van der Waals surface area contributed by atoms with Crippen LogP contribution in [0, 0.1) is 5.92 Å². The standard InChI is InChI=1S/C19H19N3O2/c23-19(14-5-7-20-10-14)22-18-12-24-11-15(18)9-13-6-8-21-17-4-2-1-3-16(13)17/h1-8,10,15,18,20H,9,11-12H2,(H,22,23)/t15-,18+/m1/s1. The predicted molar refractivity (Wildman–Crippen MR) is 91.8 cm³/mol. The Kier molecular flexibility index (Phi) is 4.01. The van der Waals surface area contributed by atoms with Crippen LogP contribution in [0.5, 0.6) is 0 Å². The number of aromatic amines is 1. The van der Waals surface area contributed by atoms with Crippen molar-refractivity contribution >= 4 is 16.8 Å². The fourth-order valence-corrected chi connectivity index (χ4v) is 3.29. The molecule has 0 unspecified atom stereocenters. The van der Waals surface area contributed by atoms with Gasteiger partial charge in [-0.2, -0.15) is 0 Å². The summed E-state index contributed by atoms with van der Waals surface area (Å²) < 4.78 is 5.63. The van der Waals surface area contributed by atoms with Crippen molar-refractivity contribution in [1.29, 1.82) is 0 Å². The lowest BCUT2D eigenvalue weighted by Crippen LogP contribution is -2.40. The van der Waals surface area contributed by atoms with Crippen LogP contribution < -0.4 is 5.32 Å². The summed E-state index contributed by atoms with van der Waals surface area (Å²) in [5.41, 5.74) is 2.90. The quantitative estimate of drug-likeness (QED) is 0.776. The SMILES string of the molecule is O=C(N[C@H]1COC[C@H]1Cc1ccnc2ccccc12)c1cc[nH]c1. The molecule has 5 nitrogen and oxygen atoms in total. The zero-order valence-electron chi connectivity index (χ0n) is 13.2. The summed E-state index contributed by atoms with van der Waals surface area (Å²) in [5, 5.41) is 4.27. The largest absolute Gasteiger partial charge is 0.379 e. The van der Waals surface area contributed by atoms with Crippen molar-refractivity contribution in [2.24, 2.45) is 5.92 Å². The summed E-state index contributed by atoms with van der Waals surface area (Å²) >= 11 is 0. The first-order valence-corrected chi connectivity index (χ1v) is 8.15. The van der Waals surface area contributed by atoms with Gasteiger partial charge in [0, 0.05) is 29.9 Å². The smallest absolute Gasteiger partial charge is 0.253 e. The summed E-state index contributed by atoms with van der Waals surface area (Å²) in [7, 11) is 0.